The quantitative estimate of drug-likeness (QED) is 0.865. The Morgan fingerprint density at radius 3 is 2.44 bits per heavy atom. The van der Waals surface area contributed by atoms with Crippen molar-refractivity contribution in [2.75, 3.05) is 13.6 Å². The van der Waals surface area contributed by atoms with Crippen molar-refractivity contribution in [2.45, 2.75) is 45.2 Å². The van der Waals surface area contributed by atoms with Crippen LogP contribution in [0.2, 0.25) is 0 Å². The maximum Gasteiger partial charge on any atom is 0.0104 e. The Kier molecular flexibility index (Phi) is 4.41. The third-order valence-electron chi connectivity index (χ3n) is 4.22. The highest BCUT2D eigenvalue weighted by atomic mass is 15.1. The molecule has 0 bridgehead atoms. The van der Waals surface area contributed by atoms with E-state index in [2.05, 4.69) is 50.1 Å². The van der Waals surface area contributed by atoms with Gasteiger partial charge in [-0.05, 0) is 51.6 Å². The maximum atomic E-state index is 5.84. The molecule has 1 aliphatic carbocycles. The molecule has 1 fully saturated rings. The summed E-state index contributed by atoms with van der Waals surface area (Å²) < 4.78 is 0. The van der Waals surface area contributed by atoms with E-state index >= 15 is 0 Å². The van der Waals surface area contributed by atoms with Gasteiger partial charge in [-0.1, -0.05) is 29.8 Å². The first-order chi connectivity index (χ1) is 8.54. The minimum absolute atomic E-state index is 0.468. The van der Waals surface area contributed by atoms with Crippen molar-refractivity contribution in [3.63, 3.8) is 0 Å². The minimum atomic E-state index is 0.468. The molecular formula is C16H26N2. The van der Waals surface area contributed by atoms with Gasteiger partial charge >= 0.3 is 0 Å². The molecule has 1 saturated carbocycles. The first-order valence-electron chi connectivity index (χ1n) is 7.06. The van der Waals surface area contributed by atoms with E-state index in [-0.39, 0.29) is 0 Å². The fourth-order valence-corrected chi connectivity index (χ4v) is 2.74. The molecule has 0 aliphatic heterocycles. The van der Waals surface area contributed by atoms with E-state index in [9.17, 15) is 0 Å². The van der Waals surface area contributed by atoms with Crippen molar-refractivity contribution in [2.24, 2.45) is 11.7 Å². The molecule has 1 aromatic rings. The van der Waals surface area contributed by atoms with E-state index in [4.69, 9.17) is 5.73 Å². The summed E-state index contributed by atoms with van der Waals surface area (Å²) in [4.78, 5) is 2.48. The van der Waals surface area contributed by atoms with Crippen molar-refractivity contribution in [1.82, 2.24) is 4.90 Å². The molecule has 2 N–H and O–H groups in total. The molecule has 0 spiro atoms. The predicted molar refractivity (Wildman–Crippen MR) is 77.7 cm³/mol. The molecule has 100 valence electrons. The summed E-state index contributed by atoms with van der Waals surface area (Å²) in [7, 11) is 2.24. The number of rotatable bonds is 5. The molecule has 2 rings (SSSR count). The average molecular weight is 246 g/mol. The second-order valence-corrected chi connectivity index (χ2v) is 6.08. The van der Waals surface area contributed by atoms with Crippen LogP contribution in [0.25, 0.3) is 0 Å². The smallest absolute Gasteiger partial charge is 0.0104 e. The first kappa shape index (κ1) is 13.6. The molecule has 0 saturated heterocycles. The Bertz CT molecular complexity index is 365. The summed E-state index contributed by atoms with van der Waals surface area (Å²) in [6, 6.07) is 9.97. The van der Waals surface area contributed by atoms with Gasteiger partial charge in [-0.2, -0.15) is 0 Å². The van der Waals surface area contributed by atoms with Gasteiger partial charge in [-0.3, -0.25) is 0 Å². The van der Waals surface area contributed by atoms with Gasteiger partial charge in [0.1, 0.15) is 0 Å². The van der Waals surface area contributed by atoms with Gasteiger partial charge in [-0.25, -0.2) is 0 Å². The molecule has 2 nitrogen and oxygen atoms in total. The summed E-state index contributed by atoms with van der Waals surface area (Å²) in [5.41, 5.74) is 8.61. The summed E-state index contributed by atoms with van der Waals surface area (Å²) in [5, 5.41) is 0. The van der Waals surface area contributed by atoms with Crippen molar-refractivity contribution in [1.29, 1.82) is 0 Å². The Morgan fingerprint density at radius 1 is 1.28 bits per heavy atom. The lowest BCUT2D eigenvalue weighted by atomic mass is 9.80. The normalized spacial score (nSPS) is 24.9. The Morgan fingerprint density at radius 2 is 1.89 bits per heavy atom. The number of aryl methyl sites for hydroxylation is 1. The fourth-order valence-electron chi connectivity index (χ4n) is 2.74. The number of nitrogens with zero attached hydrogens (tertiary/aromatic N) is 1. The summed E-state index contributed by atoms with van der Waals surface area (Å²) >= 11 is 0. The van der Waals surface area contributed by atoms with Crippen LogP contribution < -0.4 is 5.73 Å². The van der Waals surface area contributed by atoms with Gasteiger partial charge in [0.05, 0.1) is 0 Å². The number of hydrogen-bond donors (Lipinski definition) is 1. The zero-order valence-electron chi connectivity index (χ0n) is 11.9. The van der Waals surface area contributed by atoms with Crippen LogP contribution in [0.4, 0.5) is 0 Å². The standard InChI is InChI=1S/C16H26N2/c1-12-4-6-14(7-5-12)8-13(2)18(3)11-15-9-16(17)10-15/h4-7,13,15-16H,8-11,17H2,1-3H3/t13?,15-,16-. The van der Waals surface area contributed by atoms with Crippen LogP contribution in [0.1, 0.15) is 30.9 Å². The zero-order valence-corrected chi connectivity index (χ0v) is 11.9. The van der Waals surface area contributed by atoms with Crippen LogP contribution in [-0.4, -0.2) is 30.6 Å². The molecule has 18 heavy (non-hydrogen) atoms. The van der Waals surface area contributed by atoms with Crippen LogP contribution in [-0.2, 0) is 6.42 Å². The van der Waals surface area contributed by atoms with Crippen LogP contribution in [0, 0.1) is 12.8 Å². The predicted octanol–water partition coefficient (Wildman–Crippen LogP) is 2.60. The summed E-state index contributed by atoms with van der Waals surface area (Å²) in [6.45, 7) is 5.65. The molecule has 0 radical (unpaired) electrons. The van der Waals surface area contributed by atoms with Crippen LogP contribution in [0.15, 0.2) is 24.3 Å². The lowest BCUT2D eigenvalue weighted by Crippen LogP contribution is -2.44. The highest BCUT2D eigenvalue weighted by Gasteiger charge is 2.27. The Labute approximate surface area is 111 Å². The number of hydrogen-bond acceptors (Lipinski definition) is 2. The zero-order chi connectivity index (χ0) is 13.1. The van der Waals surface area contributed by atoms with E-state index < -0.39 is 0 Å². The molecule has 0 amide bonds. The molecule has 0 heterocycles. The van der Waals surface area contributed by atoms with Gasteiger partial charge in [0.25, 0.3) is 0 Å². The molecule has 1 aromatic carbocycles. The molecule has 1 aliphatic rings. The average Bonchev–Trinajstić information content (AvgIpc) is 2.30. The molecule has 0 aromatic heterocycles. The van der Waals surface area contributed by atoms with E-state index in [0.717, 1.165) is 12.3 Å². The molecular weight excluding hydrogens is 220 g/mol. The Hall–Kier alpha value is -0.860. The summed E-state index contributed by atoms with van der Waals surface area (Å²) in [5.74, 6) is 0.825. The van der Waals surface area contributed by atoms with Crippen molar-refractivity contribution < 1.29 is 0 Å². The van der Waals surface area contributed by atoms with Crippen LogP contribution >= 0.6 is 0 Å². The number of nitrogens with two attached hydrogens (primary N) is 1. The summed E-state index contributed by atoms with van der Waals surface area (Å²) in [6.07, 6.45) is 3.55. The van der Waals surface area contributed by atoms with Crippen molar-refractivity contribution in [3.05, 3.63) is 35.4 Å². The van der Waals surface area contributed by atoms with Gasteiger partial charge in [0.15, 0.2) is 0 Å². The lowest BCUT2D eigenvalue weighted by Gasteiger charge is -2.37. The maximum absolute atomic E-state index is 5.84. The molecule has 1 unspecified atom stereocenters. The SMILES string of the molecule is Cc1ccc(CC(C)N(C)C[C@H]2C[C@H](N)C2)cc1. The van der Waals surface area contributed by atoms with Crippen LogP contribution in [0.5, 0.6) is 0 Å². The minimum Gasteiger partial charge on any atom is -0.328 e. The van der Waals surface area contributed by atoms with Gasteiger partial charge < -0.3 is 10.6 Å². The molecule has 1 atom stereocenters. The fraction of sp³-hybridized carbons (Fsp3) is 0.625. The second-order valence-electron chi connectivity index (χ2n) is 6.08. The first-order valence-corrected chi connectivity index (χ1v) is 7.06. The van der Waals surface area contributed by atoms with Gasteiger partial charge in [0.2, 0.25) is 0 Å². The van der Waals surface area contributed by atoms with E-state index in [1.165, 1.54) is 30.5 Å². The second kappa shape index (κ2) is 5.85. The van der Waals surface area contributed by atoms with Crippen LogP contribution in [0.3, 0.4) is 0 Å². The highest BCUT2D eigenvalue weighted by molar-refractivity contribution is 5.21. The monoisotopic (exact) mass is 246 g/mol. The topological polar surface area (TPSA) is 29.3 Å². The van der Waals surface area contributed by atoms with Crippen molar-refractivity contribution >= 4 is 0 Å². The highest BCUT2D eigenvalue weighted by Crippen LogP contribution is 2.26. The van der Waals surface area contributed by atoms with Gasteiger partial charge in [0, 0.05) is 18.6 Å². The Balaban J connectivity index is 1.79. The van der Waals surface area contributed by atoms with E-state index in [1.807, 2.05) is 0 Å². The van der Waals surface area contributed by atoms with Crippen molar-refractivity contribution in [3.8, 4) is 0 Å². The largest absolute Gasteiger partial charge is 0.328 e. The lowest BCUT2D eigenvalue weighted by molar-refractivity contribution is 0.153. The third kappa shape index (κ3) is 3.56. The van der Waals surface area contributed by atoms with E-state index in [1.54, 1.807) is 0 Å². The number of likely N-dealkylation sites (N-methyl/N-ethyl adjacent to an activating group) is 1. The molecule has 2 heteroatoms. The third-order valence-corrected chi connectivity index (χ3v) is 4.22. The number of benzene rings is 1. The van der Waals surface area contributed by atoms with E-state index in [0.29, 0.717) is 12.1 Å². The van der Waals surface area contributed by atoms with Gasteiger partial charge in [-0.15, -0.1) is 0 Å².